The van der Waals surface area contributed by atoms with Crippen molar-refractivity contribution in [3.05, 3.63) is 65.7 Å². The predicted molar refractivity (Wildman–Crippen MR) is 124 cm³/mol. The number of guanidine groups is 1. The summed E-state index contributed by atoms with van der Waals surface area (Å²) in [5.74, 6) is 1.97. The number of aliphatic imine (C=N–C) groups is 1. The van der Waals surface area contributed by atoms with Gasteiger partial charge in [0.05, 0.1) is 6.54 Å². The second-order valence-electron chi connectivity index (χ2n) is 6.10. The lowest BCUT2D eigenvalue weighted by atomic mass is 9.99. The number of nitrogens with two attached hydrogens (primary N) is 1. The molecule has 4 nitrogen and oxygen atoms in total. The molecule has 0 aromatic heterocycles. The highest BCUT2D eigenvalue weighted by Crippen LogP contribution is 2.20. The van der Waals surface area contributed by atoms with Crippen LogP contribution in [0.2, 0.25) is 0 Å². The zero-order valence-electron chi connectivity index (χ0n) is 15.4. The molecule has 6 heteroatoms. The van der Waals surface area contributed by atoms with Gasteiger partial charge in [-0.3, -0.25) is 9.20 Å². The highest BCUT2D eigenvalue weighted by molar-refractivity contribution is 14.0. The van der Waals surface area contributed by atoms with Crippen LogP contribution in [0, 0.1) is 0 Å². The minimum Gasteiger partial charge on any atom is -0.370 e. The molecule has 2 unspecified atom stereocenters. The standard InChI is InChI=1S/C20H27N3OS.HI/c1-3-16(2)18-9-11-19(12-10-18)23-20(21)22-13-14-25(24)15-17-7-5-4-6-8-17;/h4-12,16H,3,13-15H2,1-2H3,(H3,21,22,23);1H. The molecule has 0 aliphatic carbocycles. The average Bonchev–Trinajstić information content (AvgIpc) is 2.62. The number of benzene rings is 2. The first-order chi connectivity index (χ1) is 12.1. The molecule has 0 fully saturated rings. The Morgan fingerprint density at radius 3 is 2.42 bits per heavy atom. The molecule has 26 heavy (non-hydrogen) atoms. The van der Waals surface area contributed by atoms with E-state index in [0.29, 0.717) is 29.9 Å². The maximum atomic E-state index is 12.1. The van der Waals surface area contributed by atoms with Crippen molar-refractivity contribution in [1.29, 1.82) is 0 Å². The second-order valence-corrected chi connectivity index (χ2v) is 7.67. The summed E-state index contributed by atoms with van der Waals surface area (Å²) in [6, 6.07) is 18.1. The topological polar surface area (TPSA) is 67.5 Å². The Bertz CT molecular complexity index is 705. The smallest absolute Gasteiger partial charge is 0.193 e. The molecule has 0 bridgehead atoms. The van der Waals surface area contributed by atoms with Gasteiger partial charge in [-0.1, -0.05) is 56.3 Å². The van der Waals surface area contributed by atoms with E-state index < -0.39 is 10.8 Å². The SMILES string of the molecule is CCC(C)c1ccc(NC(N)=NCCS(=O)Cc2ccccc2)cc1.I. The van der Waals surface area contributed by atoms with Gasteiger partial charge in [0.25, 0.3) is 0 Å². The van der Waals surface area contributed by atoms with Crippen LogP contribution >= 0.6 is 24.0 Å². The number of halogens is 1. The largest absolute Gasteiger partial charge is 0.370 e. The molecule has 0 radical (unpaired) electrons. The fraction of sp³-hybridized carbons (Fsp3) is 0.350. The Morgan fingerprint density at radius 1 is 1.15 bits per heavy atom. The zero-order valence-corrected chi connectivity index (χ0v) is 18.5. The lowest BCUT2D eigenvalue weighted by molar-refractivity contribution is 0.682. The van der Waals surface area contributed by atoms with E-state index in [9.17, 15) is 4.21 Å². The summed E-state index contributed by atoms with van der Waals surface area (Å²) in [6.07, 6.45) is 1.12. The van der Waals surface area contributed by atoms with E-state index in [1.54, 1.807) is 0 Å². The molecule has 2 rings (SSSR count). The van der Waals surface area contributed by atoms with Gasteiger partial charge in [-0.2, -0.15) is 0 Å². The highest BCUT2D eigenvalue weighted by atomic mass is 127. The summed E-state index contributed by atoms with van der Waals surface area (Å²) in [4.78, 5) is 4.27. The normalized spacial score (nSPS) is 13.5. The summed E-state index contributed by atoms with van der Waals surface area (Å²) in [6.45, 7) is 4.85. The molecule has 0 amide bonds. The van der Waals surface area contributed by atoms with Gasteiger partial charge >= 0.3 is 0 Å². The highest BCUT2D eigenvalue weighted by Gasteiger charge is 2.04. The van der Waals surface area contributed by atoms with Gasteiger partial charge in [0, 0.05) is 28.0 Å². The van der Waals surface area contributed by atoms with Crippen molar-refractivity contribution >= 4 is 46.4 Å². The maximum Gasteiger partial charge on any atom is 0.193 e. The molecule has 0 saturated heterocycles. The average molecular weight is 485 g/mol. The van der Waals surface area contributed by atoms with Crippen LogP contribution in [0.15, 0.2) is 59.6 Å². The lowest BCUT2D eigenvalue weighted by Crippen LogP contribution is -2.23. The Hall–Kier alpha value is -1.41. The molecule has 2 aromatic rings. The molecule has 3 N–H and O–H groups in total. The summed E-state index contributed by atoms with van der Waals surface area (Å²) in [7, 11) is -0.934. The van der Waals surface area contributed by atoms with Crippen molar-refractivity contribution in [1.82, 2.24) is 0 Å². The first kappa shape index (κ1) is 22.6. The van der Waals surface area contributed by atoms with Crippen molar-refractivity contribution in [3.63, 3.8) is 0 Å². The van der Waals surface area contributed by atoms with Crippen LogP contribution in [0.3, 0.4) is 0 Å². The van der Waals surface area contributed by atoms with Crippen molar-refractivity contribution in [2.75, 3.05) is 17.6 Å². The summed E-state index contributed by atoms with van der Waals surface area (Å²) >= 11 is 0. The molecular formula is C20H28IN3OS. The molecule has 0 heterocycles. The van der Waals surface area contributed by atoms with Crippen LogP contribution in [0.4, 0.5) is 5.69 Å². The fourth-order valence-corrected chi connectivity index (χ4v) is 3.42. The Morgan fingerprint density at radius 2 is 1.81 bits per heavy atom. The number of hydrogen-bond acceptors (Lipinski definition) is 2. The monoisotopic (exact) mass is 485 g/mol. The van der Waals surface area contributed by atoms with E-state index in [1.165, 1.54) is 5.56 Å². The second kappa shape index (κ2) is 12.1. The maximum absolute atomic E-state index is 12.1. The number of hydrogen-bond donors (Lipinski definition) is 2. The number of nitrogens with zero attached hydrogens (tertiary/aromatic N) is 1. The van der Waals surface area contributed by atoms with E-state index >= 15 is 0 Å². The minimum atomic E-state index is -0.934. The van der Waals surface area contributed by atoms with E-state index in [4.69, 9.17) is 5.73 Å². The first-order valence-electron chi connectivity index (χ1n) is 8.64. The fourth-order valence-electron chi connectivity index (χ4n) is 2.42. The number of anilines is 1. The Balaban J connectivity index is 0.00000338. The molecule has 2 atom stereocenters. The zero-order chi connectivity index (χ0) is 18.1. The van der Waals surface area contributed by atoms with Crippen LogP contribution in [0.1, 0.15) is 37.3 Å². The molecular weight excluding hydrogens is 457 g/mol. The third-order valence-electron chi connectivity index (χ3n) is 4.14. The number of rotatable bonds is 8. The van der Waals surface area contributed by atoms with E-state index in [-0.39, 0.29) is 24.0 Å². The van der Waals surface area contributed by atoms with Crippen LogP contribution in [-0.2, 0) is 16.6 Å². The summed E-state index contributed by atoms with van der Waals surface area (Å²) in [5.41, 5.74) is 9.22. The molecule has 0 spiro atoms. The van der Waals surface area contributed by atoms with E-state index in [1.807, 2.05) is 42.5 Å². The van der Waals surface area contributed by atoms with Crippen LogP contribution < -0.4 is 11.1 Å². The van der Waals surface area contributed by atoms with Gasteiger partial charge in [-0.25, -0.2) is 0 Å². The van der Waals surface area contributed by atoms with Gasteiger partial charge in [0.15, 0.2) is 5.96 Å². The lowest BCUT2D eigenvalue weighted by Gasteiger charge is -2.10. The third kappa shape index (κ3) is 7.86. The van der Waals surface area contributed by atoms with Gasteiger partial charge in [-0.05, 0) is 35.6 Å². The van der Waals surface area contributed by atoms with Gasteiger partial charge in [0.2, 0.25) is 0 Å². The predicted octanol–water partition coefficient (Wildman–Crippen LogP) is 4.49. The van der Waals surface area contributed by atoms with E-state index in [0.717, 1.165) is 17.7 Å². The third-order valence-corrected chi connectivity index (χ3v) is 5.43. The van der Waals surface area contributed by atoms with Crippen LogP contribution in [0.5, 0.6) is 0 Å². The Labute approximate surface area is 176 Å². The van der Waals surface area contributed by atoms with Gasteiger partial charge in [0.1, 0.15) is 0 Å². The van der Waals surface area contributed by atoms with E-state index in [2.05, 4.69) is 36.3 Å². The number of nitrogens with one attached hydrogen (secondary N) is 1. The molecule has 0 saturated carbocycles. The molecule has 142 valence electrons. The molecule has 0 aliphatic heterocycles. The summed E-state index contributed by atoms with van der Waals surface area (Å²) < 4.78 is 12.1. The van der Waals surface area contributed by atoms with Crippen LogP contribution in [0.25, 0.3) is 0 Å². The quantitative estimate of drug-likeness (QED) is 0.329. The first-order valence-corrected chi connectivity index (χ1v) is 10.1. The van der Waals surface area contributed by atoms with Crippen molar-refractivity contribution in [2.45, 2.75) is 31.9 Å². The van der Waals surface area contributed by atoms with Crippen LogP contribution in [-0.4, -0.2) is 22.5 Å². The summed E-state index contributed by atoms with van der Waals surface area (Å²) in [5, 5.41) is 3.08. The molecule has 0 aliphatic rings. The van der Waals surface area contributed by atoms with Crippen molar-refractivity contribution in [3.8, 4) is 0 Å². The molecule has 2 aromatic carbocycles. The van der Waals surface area contributed by atoms with Gasteiger partial charge in [-0.15, -0.1) is 24.0 Å². The Kier molecular flexibility index (Phi) is 10.5. The minimum absolute atomic E-state index is 0. The van der Waals surface area contributed by atoms with Crippen molar-refractivity contribution < 1.29 is 4.21 Å². The van der Waals surface area contributed by atoms with Gasteiger partial charge < -0.3 is 11.1 Å². The van der Waals surface area contributed by atoms with Crippen molar-refractivity contribution in [2.24, 2.45) is 10.7 Å².